The third-order valence-electron chi connectivity index (χ3n) is 4.99. The van der Waals surface area contributed by atoms with Crippen LogP contribution >= 0.6 is 0 Å². The van der Waals surface area contributed by atoms with Crippen molar-refractivity contribution in [1.29, 1.82) is 0 Å². The fraction of sp³-hybridized carbons (Fsp3) is 0.500. The number of fused-ring (bicyclic) bond motifs is 3. The number of amides is 2. The maximum Gasteiger partial charge on any atom is 0.251 e. The molecule has 1 saturated carbocycles. The van der Waals surface area contributed by atoms with Gasteiger partial charge in [-0.15, -0.1) is 0 Å². The maximum absolute atomic E-state index is 12.4. The van der Waals surface area contributed by atoms with E-state index in [1.807, 2.05) is 4.90 Å². The van der Waals surface area contributed by atoms with Crippen molar-refractivity contribution in [2.24, 2.45) is 11.7 Å². The molecule has 2 aliphatic heterocycles. The highest BCUT2D eigenvalue weighted by Crippen LogP contribution is 2.38. The molecule has 23 heavy (non-hydrogen) atoms. The normalized spacial score (nSPS) is 27.3. The second-order valence-corrected chi connectivity index (χ2v) is 6.28. The number of likely N-dealkylation sites (tertiary alicyclic amines) is 1. The summed E-state index contributed by atoms with van der Waals surface area (Å²) >= 11 is 0. The van der Waals surface area contributed by atoms with Crippen LogP contribution < -0.4 is 20.5 Å². The molecular weight excluding hydrogens is 298 g/mol. The monoisotopic (exact) mass is 317 g/mol. The summed E-state index contributed by atoms with van der Waals surface area (Å²) in [7, 11) is 0. The fourth-order valence-electron chi connectivity index (χ4n) is 3.84. The molecule has 2 heterocycles. The zero-order valence-corrected chi connectivity index (χ0v) is 12.7. The average molecular weight is 317 g/mol. The van der Waals surface area contributed by atoms with Gasteiger partial charge in [-0.3, -0.25) is 9.59 Å². The summed E-state index contributed by atoms with van der Waals surface area (Å²) in [6, 6.07) is 5.51. The van der Waals surface area contributed by atoms with Gasteiger partial charge in [-0.1, -0.05) is 0 Å². The number of nitrogens with two attached hydrogens (primary N) is 1. The Morgan fingerprint density at radius 2 is 2.09 bits per heavy atom. The van der Waals surface area contributed by atoms with Gasteiger partial charge in [0, 0.05) is 24.2 Å². The quantitative estimate of drug-likeness (QED) is 0.824. The molecular formula is C16H19N3O4. The van der Waals surface area contributed by atoms with Gasteiger partial charge in [0.2, 0.25) is 12.7 Å². The summed E-state index contributed by atoms with van der Waals surface area (Å²) in [5.41, 5.74) is 6.00. The number of nitrogens with one attached hydrogen (secondary N) is 1. The Hall–Kier alpha value is -2.28. The lowest BCUT2D eigenvalue weighted by Gasteiger charge is -2.31. The number of hydrogen-bond donors (Lipinski definition) is 2. The summed E-state index contributed by atoms with van der Waals surface area (Å²) in [6.45, 7) is 0.933. The smallest absolute Gasteiger partial charge is 0.251 e. The highest BCUT2D eigenvalue weighted by Gasteiger charge is 2.46. The van der Waals surface area contributed by atoms with Crippen molar-refractivity contribution in [2.75, 3.05) is 19.9 Å². The highest BCUT2D eigenvalue weighted by atomic mass is 16.7. The number of carbonyl (C=O) groups is 2. The molecule has 1 aromatic rings. The first-order valence-electron chi connectivity index (χ1n) is 7.85. The standard InChI is InChI=1S/C16H19N3O4/c17-6-15(20)19-7-10-3-11(19)5-12(10)18-16(21)9-1-2-13-14(4-9)23-8-22-13/h1-2,4,10-12H,3,5-8,17H2,(H,18,21). The molecule has 4 rings (SSSR count). The maximum atomic E-state index is 12.4. The number of ether oxygens (including phenoxy) is 2. The van der Waals surface area contributed by atoms with Crippen LogP contribution in [0.3, 0.4) is 0 Å². The second-order valence-electron chi connectivity index (χ2n) is 6.28. The molecule has 3 N–H and O–H groups in total. The van der Waals surface area contributed by atoms with E-state index in [0.717, 1.165) is 12.8 Å². The minimum Gasteiger partial charge on any atom is -0.454 e. The van der Waals surface area contributed by atoms with Crippen molar-refractivity contribution in [3.63, 3.8) is 0 Å². The summed E-state index contributed by atoms with van der Waals surface area (Å²) in [5, 5.41) is 3.09. The van der Waals surface area contributed by atoms with Gasteiger partial charge in [-0.05, 0) is 37.0 Å². The van der Waals surface area contributed by atoms with E-state index < -0.39 is 0 Å². The van der Waals surface area contributed by atoms with Crippen LogP contribution in [0.25, 0.3) is 0 Å². The Morgan fingerprint density at radius 1 is 1.26 bits per heavy atom. The molecule has 0 spiro atoms. The van der Waals surface area contributed by atoms with Crippen LogP contribution in [0.1, 0.15) is 23.2 Å². The van der Waals surface area contributed by atoms with E-state index in [1.54, 1.807) is 18.2 Å². The Balaban J connectivity index is 1.40. The minimum absolute atomic E-state index is 0.00181. The van der Waals surface area contributed by atoms with E-state index in [9.17, 15) is 9.59 Å². The summed E-state index contributed by atoms with van der Waals surface area (Å²) in [4.78, 5) is 26.0. The van der Waals surface area contributed by atoms with Crippen molar-refractivity contribution >= 4 is 11.8 Å². The van der Waals surface area contributed by atoms with Crippen molar-refractivity contribution in [3.05, 3.63) is 23.8 Å². The van der Waals surface area contributed by atoms with Gasteiger partial charge < -0.3 is 25.4 Å². The fourth-order valence-corrected chi connectivity index (χ4v) is 3.84. The van der Waals surface area contributed by atoms with Crippen molar-refractivity contribution < 1.29 is 19.1 Å². The van der Waals surface area contributed by atoms with E-state index in [4.69, 9.17) is 15.2 Å². The van der Waals surface area contributed by atoms with E-state index in [-0.39, 0.29) is 37.2 Å². The summed E-state index contributed by atoms with van der Waals surface area (Å²) in [6.07, 6.45) is 1.74. The number of hydrogen-bond acceptors (Lipinski definition) is 5. The Morgan fingerprint density at radius 3 is 2.83 bits per heavy atom. The summed E-state index contributed by atoms with van der Waals surface area (Å²) < 4.78 is 10.6. The topological polar surface area (TPSA) is 93.9 Å². The Bertz CT molecular complexity index is 663. The van der Waals surface area contributed by atoms with Gasteiger partial charge in [-0.25, -0.2) is 0 Å². The molecule has 0 radical (unpaired) electrons. The lowest BCUT2D eigenvalue weighted by Crippen LogP contribution is -2.49. The Labute approximate surface area is 133 Å². The van der Waals surface area contributed by atoms with Crippen LogP contribution in [0.4, 0.5) is 0 Å². The number of nitrogens with zero attached hydrogens (tertiary/aromatic N) is 1. The van der Waals surface area contributed by atoms with Crippen LogP contribution in [0.2, 0.25) is 0 Å². The minimum atomic E-state index is -0.113. The Kier molecular flexibility index (Phi) is 3.37. The highest BCUT2D eigenvalue weighted by molar-refractivity contribution is 5.95. The predicted octanol–water partition coefficient (Wildman–Crippen LogP) is 0.0932. The lowest BCUT2D eigenvalue weighted by atomic mass is 10.0. The third kappa shape index (κ3) is 2.41. The van der Waals surface area contributed by atoms with Crippen LogP contribution in [0.5, 0.6) is 11.5 Å². The molecule has 3 atom stereocenters. The molecule has 7 heteroatoms. The van der Waals surface area contributed by atoms with Crippen LogP contribution in [-0.4, -0.2) is 48.7 Å². The molecule has 2 fully saturated rings. The molecule has 122 valence electrons. The van der Waals surface area contributed by atoms with E-state index >= 15 is 0 Å². The molecule has 3 aliphatic rings. The number of benzene rings is 1. The van der Waals surface area contributed by atoms with E-state index in [1.165, 1.54) is 0 Å². The number of carbonyl (C=O) groups excluding carboxylic acids is 2. The van der Waals surface area contributed by atoms with Gasteiger partial charge in [-0.2, -0.15) is 0 Å². The zero-order valence-electron chi connectivity index (χ0n) is 12.7. The first-order chi connectivity index (χ1) is 11.2. The van der Waals surface area contributed by atoms with Crippen LogP contribution in [0.15, 0.2) is 18.2 Å². The van der Waals surface area contributed by atoms with Crippen molar-refractivity contribution in [2.45, 2.75) is 24.9 Å². The molecule has 0 aromatic heterocycles. The molecule has 2 bridgehead atoms. The van der Waals surface area contributed by atoms with Gasteiger partial charge in [0.05, 0.1) is 6.54 Å². The van der Waals surface area contributed by atoms with E-state index in [2.05, 4.69) is 5.32 Å². The SMILES string of the molecule is NCC(=O)N1CC2CC1CC2NC(=O)c1ccc2c(c1)OCO2. The molecule has 1 aromatic carbocycles. The second kappa shape index (κ2) is 5.42. The molecule has 7 nitrogen and oxygen atoms in total. The molecule has 1 aliphatic carbocycles. The van der Waals surface area contributed by atoms with Gasteiger partial charge in [0.15, 0.2) is 11.5 Å². The largest absolute Gasteiger partial charge is 0.454 e. The van der Waals surface area contributed by atoms with Crippen LogP contribution in [-0.2, 0) is 4.79 Å². The predicted molar refractivity (Wildman–Crippen MR) is 81.1 cm³/mol. The lowest BCUT2D eigenvalue weighted by molar-refractivity contribution is -0.131. The van der Waals surface area contributed by atoms with Crippen molar-refractivity contribution in [3.8, 4) is 11.5 Å². The zero-order chi connectivity index (χ0) is 16.0. The number of rotatable bonds is 3. The van der Waals surface area contributed by atoms with Gasteiger partial charge >= 0.3 is 0 Å². The third-order valence-corrected chi connectivity index (χ3v) is 4.99. The molecule has 2 amide bonds. The van der Waals surface area contributed by atoms with Crippen molar-refractivity contribution in [1.82, 2.24) is 10.2 Å². The number of piperidine rings is 1. The molecule has 3 unspecified atom stereocenters. The first-order valence-corrected chi connectivity index (χ1v) is 7.85. The van der Waals surface area contributed by atoms with Crippen LogP contribution in [0, 0.1) is 5.92 Å². The average Bonchev–Trinajstić information content (AvgIpc) is 3.27. The first kappa shape index (κ1) is 14.3. The molecule has 1 saturated heterocycles. The summed E-state index contributed by atoms with van der Waals surface area (Å²) in [5.74, 6) is 1.46. The van der Waals surface area contributed by atoms with Gasteiger partial charge in [0.25, 0.3) is 5.91 Å². The van der Waals surface area contributed by atoms with Gasteiger partial charge in [0.1, 0.15) is 0 Å². The van der Waals surface area contributed by atoms with E-state index in [0.29, 0.717) is 29.5 Å².